The number of carbonyl (C=O) groups is 2. The van der Waals surface area contributed by atoms with Crippen molar-refractivity contribution in [2.24, 2.45) is 0 Å². The average molecular weight is 366 g/mol. The van der Waals surface area contributed by atoms with Gasteiger partial charge in [0, 0.05) is 37.6 Å². The zero-order valence-electron chi connectivity index (χ0n) is 15.9. The minimum absolute atomic E-state index is 0.225. The number of nitrogens with one attached hydrogen (secondary N) is 2. The molecule has 1 heterocycles. The molecule has 0 spiro atoms. The van der Waals surface area contributed by atoms with E-state index in [2.05, 4.69) is 32.6 Å². The highest BCUT2D eigenvalue weighted by Gasteiger charge is 2.20. The molecule has 0 saturated carbocycles. The van der Waals surface area contributed by atoms with Gasteiger partial charge in [-0.2, -0.15) is 0 Å². The van der Waals surface area contributed by atoms with Gasteiger partial charge in [-0.25, -0.2) is 4.79 Å². The molecule has 6 nitrogen and oxygen atoms in total. The lowest BCUT2D eigenvalue weighted by Crippen LogP contribution is -2.50. The Hall–Kier alpha value is -2.86. The number of piperazine rings is 1. The Balaban J connectivity index is 1.44. The summed E-state index contributed by atoms with van der Waals surface area (Å²) in [5, 5.41) is 5.17. The topological polar surface area (TPSA) is 64.7 Å². The number of aryl methyl sites for hydroxylation is 1. The first-order valence-electron chi connectivity index (χ1n) is 9.22. The smallest absolute Gasteiger partial charge is 0.325 e. The molecule has 0 radical (unpaired) electrons. The maximum absolute atomic E-state index is 12.2. The van der Waals surface area contributed by atoms with Gasteiger partial charge in [-0.1, -0.05) is 30.3 Å². The van der Waals surface area contributed by atoms with Gasteiger partial charge < -0.3 is 10.2 Å². The summed E-state index contributed by atoms with van der Waals surface area (Å²) in [6.07, 6.45) is 0. The number of hydrogen-bond donors (Lipinski definition) is 2. The van der Waals surface area contributed by atoms with Gasteiger partial charge in [-0.3, -0.25) is 15.0 Å². The minimum Gasteiger partial charge on any atom is -0.369 e. The van der Waals surface area contributed by atoms with Crippen molar-refractivity contribution in [3.8, 4) is 0 Å². The predicted octanol–water partition coefficient (Wildman–Crippen LogP) is 2.77. The van der Waals surface area contributed by atoms with Crippen LogP contribution in [0.3, 0.4) is 0 Å². The molecule has 3 amide bonds. The summed E-state index contributed by atoms with van der Waals surface area (Å²) in [5.41, 5.74) is 4.01. The van der Waals surface area contributed by atoms with Crippen LogP contribution in [0.15, 0.2) is 48.5 Å². The van der Waals surface area contributed by atoms with Crippen LogP contribution in [0.2, 0.25) is 0 Å². The second kappa shape index (κ2) is 8.68. The van der Waals surface area contributed by atoms with Gasteiger partial charge in [0.05, 0.1) is 6.54 Å². The summed E-state index contributed by atoms with van der Waals surface area (Å²) in [5.74, 6) is -0.286. The van der Waals surface area contributed by atoms with Crippen LogP contribution in [0, 0.1) is 13.8 Å². The summed E-state index contributed by atoms with van der Waals surface area (Å²) in [6.45, 7) is 7.47. The van der Waals surface area contributed by atoms with Crippen molar-refractivity contribution in [3.05, 3.63) is 59.7 Å². The van der Waals surface area contributed by atoms with E-state index in [0.29, 0.717) is 0 Å². The van der Waals surface area contributed by atoms with Gasteiger partial charge in [0.15, 0.2) is 0 Å². The number of imide groups is 1. The fourth-order valence-corrected chi connectivity index (χ4v) is 3.21. The molecule has 6 heteroatoms. The van der Waals surface area contributed by atoms with Crippen LogP contribution in [0.4, 0.5) is 16.2 Å². The highest BCUT2D eigenvalue weighted by Crippen LogP contribution is 2.18. The molecule has 2 N–H and O–H groups in total. The molecule has 0 aromatic heterocycles. The Morgan fingerprint density at radius 3 is 2.33 bits per heavy atom. The SMILES string of the molecule is Cc1cccc(NC(=O)NC(=O)CN2CCN(c3ccccc3)CC2)c1C. The van der Waals surface area contributed by atoms with Crippen LogP contribution >= 0.6 is 0 Å². The van der Waals surface area contributed by atoms with Gasteiger partial charge in [0.2, 0.25) is 5.91 Å². The third-order valence-corrected chi connectivity index (χ3v) is 4.97. The highest BCUT2D eigenvalue weighted by atomic mass is 16.2. The van der Waals surface area contributed by atoms with Gasteiger partial charge >= 0.3 is 6.03 Å². The largest absolute Gasteiger partial charge is 0.369 e. The molecular weight excluding hydrogens is 340 g/mol. The van der Waals surface area contributed by atoms with Crippen molar-refractivity contribution in [2.75, 3.05) is 42.9 Å². The number of anilines is 2. The third-order valence-electron chi connectivity index (χ3n) is 4.97. The van der Waals surface area contributed by atoms with E-state index in [0.717, 1.165) is 43.0 Å². The van der Waals surface area contributed by atoms with Crippen LogP contribution in [0.1, 0.15) is 11.1 Å². The lowest BCUT2D eigenvalue weighted by atomic mass is 10.1. The van der Waals surface area contributed by atoms with Gasteiger partial charge in [-0.05, 0) is 43.2 Å². The number of benzene rings is 2. The Kier molecular flexibility index (Phi) is 6.08. The molecule has 2 aromatic rings. The number of amides is 3. The quantitative estimate of drug-likeness (QED) is 0.873. The Morgan fingerprint density at radius 1 is 0.926 bits per heavy atom. The molecule has 27 heavy (non-hydrogen) atoms. The van der Waals surface area contributed by atoms with Crippen LogP contribution < -0.4 is 15.5 Å². The molecule has 1 aliphatic rings. The summed E-state index contributed by atoms with van der Waals surface area (Å²) >= 11 is 0. The van der Waals surface area contributed by atoms with Crippen molar-refractivity contribution in [1.82, 2.24) is 10.2 Å². The van der Waals surface area contributed by atoms with Gasteiger partial charge in [0.1, 0.15) is 0 Å². The molecule has 2 aromatic carbocycles. The van der Waals surface area contributed by atoms with E-state index in [1.807, 2.05) is 50.2 Å². The van der Waals surface area contributed by atoms with E-state index in [1.165, 1.54) is 5.69 Å². The molecule has 1 aliphatic heterocycles. The van der Waals surface area contributed by atoms with E-state index in [9.17, 15) is 9.59 Å². The monoisotopic (exact) mass is 366 g/mol. The zero-order chi connectivity index (χ0) is 19.2. The Bertz CT molecular complexity index is 799. The summed E-state index contributed by atoms with van der Waals surface area (Å²) in [6, 6.07) is 15.5. The second-order valence-corrected chi connectivity index (χ2v) is 6.85. The van der Waals surface area contributed by atoms with Crippen molar-refractivity contribution in [2.45, 2.75) is 13.8 Å². The van der Waals surface area contributed by atoms with Crippen molar-refractivity contribution >= 4 is 23.3 Å². The maximum Gasteiger partial charge on any atom is 0.325 e. The third kappa shape index (κ3) is 5.08. The van der Waals surface area contributed by atoms with E-state index >= 15 is 0 Å². The zero-order valence-corrected chi connectivity index (χ0v) is 15.9. The van der Waals surface area contributed by atoms with E-state index in [-0.39, 0.29) is 12.5 Å². The molecular formula is C21H26N4O2. The fraction of sp³-hybridized carbons (Fsp3) is 0.333. The molecule has 0 aliphatic carbocycles. The molecule has 142 valence electrons. The first-order valence-corrected chi connectivity index (χ1v) is 9.22. The molecule has 0 bridgehead atoms. The highest BCUT2D eigenvalue weighted by molar-refractivity contribution is 6.02. The number of carbonyl (C=O) groups excluding carboxylic acids is 2. The molecule has 1 fully saturated rings. The van der Waals surface area contributed by atoms with E-state index in [1.54, 1.807) is 0 Å². The summed E-state index contributed by atoms with van der Waals surface area (Å²) in [7, 11) is 0. The van der Waals surface area contributed by atoms with E-state index < -0.39 is 6.03 Å². The number of nitrogens with zero attached hydrogens (tertiary/aromatic N) is 2. The lowest BCUT2D eigenvalue weighted by Gasteiger charge is -2.35. The fourth-order valence-electron chi connectivity index (χ4n) is 3.21. The van der Waals surface area contributed by atoms with Crippen LogP contribution in [0.25, 0.3) is 0 Å². The summed E-state index contributed by atoms with van der Waals surface area (Å²) < 4.78 is 0. The van der Waals surface area contributed by atoms with E-state index in [4.69, 9.17) is 0 Å². The number of hydrogen-bond acceptors (Lipinski definition) is 4. The second-order valence-electron chi connectivity index (χ2n) is 6.85. The predicted molar refractivity (Wildman–Crippen MR) is 108 cm³/mol. The van der Waals surface area contributed by atoms with Gasteiger partial charge in [0.25, 0.3) is 0 Å². The molecule has 0 atom stereocenters. The average Bonchev–Trinajstić information content (AvgIpc) is 2.66. The first kappa shape index (κ1) is 18.9. The van der Waals surface area contributed by atoms with Crippen LogP contribution in [-0.4, -0.2) is 49.6 Å². The number of rotatable bonds is 4. The van der Waals surface area contributed by atoms with Crippen molar-refractivity contribution in [1.29, 1.82) is 0 Å². The van der Waals surface area contributed by atoms with Crippen molar-refractivity contribution < 1.29 is 9.59 Å². The summed E-state index contributed by atoms with van der Waals surface area (Å²) in [4.78, 5) is 28.7. The lowest BCUT2D eigenvalue weighted by molar-refractivity contribution is -0.121. The number of urea groups is 1. The normalized spacial score (nSPS) is 14.7. The molecule has 3 rings (SSSR count). The Labute approximate surface area is 160 Å². The van der Waals surface area contributed by atoms with Crippen molar-refractivity contribution in [3.63, 3.8) is 0 Å². The van der Waals surface area contributed by atoms with Crippen LogP contribution in [-0.2, 0) is 4.79 Å². The van der Waals surface area contributed by atoms with Crippen LogP contribution in [0.5, 0.6) is 0 Å². The first-order chi connectivity index (χ1) is 13.0. The van der Waals surface area contributed by atoms with Gasteiger partial charge in [-0.15, -0.1) is 0 Å². The standard InChI is InChI=1S/C21H26N4O2/c1-16-7-6-10-19(17(16)2)22-21(27)23-20(26)15-24-11-13-25(14-12-24)18-8-4-3-5-9-18/h3-10H,11-15H2,1-2H3,(H2,22,23,26,27). The Morgan fingerprint density at radius 2 is 1.63 bits per heavy atom. The molecule has 0 unspecified atom stereocenters. The maximum atomic E-state index is 12.2. The minimum atomic E-state index is -0.489. The molecule has 1 saturated heterocycles. The number of para-hydroxylation sites is 1.